The molecule has 0 N–H and O–H groups in total. The van der Waals surface area contributed by atoms with Crippen molar-refractivity contribution in [2.45, 2.75) is 12.5 Å². The van der Waals surface area contributed by atoms with Crippen LogP contribution in [-0.2, 0) is 19.1 Å². The van der Waals surface area contributed by atoms with Gasteiger partial charge in [0.1, 0.15) is 5.82 Å². The number of carbonyl (C=O) groups is 3. The predicted molar refractivity (Wildman–Crippen MR) is 82.1 cm³/mol. The Labute approximate surface area is 137 Å². The fourth-order valence-corrected chi connectivity index (χ4v) is 2.59. The second-order valence-corrected chi connectivity index (χ2v) is 5.37. The molecule has 1 aromatic carbocycles. The van der Waals surface area contributed by atoms with E-state index in [0.717, 1.165) is 0 Å². The van der Waals surface area contributed by atoms with Crippen LogP contribution in [0.25, 0.3) is 0 Å². The highest BCUT2D eigenvalue weighted by Crippen LogP contribution is 2.29. The van der Waals surface area contributed by atoms with E-state index in [9.17, 15) is 18.8 Å². The van der Waals surface area contributed by atoms with Crippen LogP contribution < -0.4 is 9.80 Å². The number of nitrogens with zero attached hydrogens (tertiary/aromatic N) is 2. The summed E-state index contributed by atoms with van der Waals surface area (Å²) in [5, 5.41) is 0. The molecule has 0 saturated carbocycles. The van der Waals surface area contributed by atoms with Crippen molar-refractivity contribution in [1.82, 2.24) is 0 Å². The third-order valence-electron chi connectivity index (χ3n) is 3.87. The lowest BCUT2D eigenvalue weighted by Crippen LogP contribution is -2.29. The average Bonchev–Trinajstić information content (AvgIpc) is 2.97. The molecule has 0 aliphatic carbocycles. The van der Waals surface area contributed by atoms with E-state index < -0.39 is 24.0 Å². The van der Waals surface area contributed by atoms with Crippen molar-refractivity contribution < 1.29 is 28.2 Å². The summed E-state index contributed by atoms with van der Waals surface area (Å²) in [6.45, 7) is 0.351. The van der Waals surface area contributed by atoms with E-state index in [1.807, 2.05) is 0 Å². The standard InChI is InChI=1S/C16H15FN2O5/c1-23-15(21)14-9-19(16(22)24-14)10-2-3-13(12(17)8-10)18-6-4-11(20)5-7-18/h2-4,6,8,14H,5,7,9H2,1H3. The number of ketones is 1. The van der Waals surface area contributed by atoms with Gasteiger partial charge in [-0.15, -0.1) is 0 Å². The van der Waals surface area contributed by atoms with Crippen molar-refractivity contribution in [3.05, 3.63) is 36.3 Å². The largest absolute Gasteiger partial charge is 0.466 e. The number of methoxy groups -OCH3 is 1. The zero-order valence-electron chi connectivity index (χ0n) is 12.9. The predicted octanol–water partition coefficient (Wildman–Crippen LogP) is 1.62. The molecule has 1 unspecified atom stereocenters. The van der Waals surface area contributed by atoms with Crippen molar-refractivity contribution in [1.29, 1.82) is 0 Å². The van der Waals surface area contributed by atoms with Crippen LogP contribution in [0, 0.1) is 5.82 Å². The quantitative estimate of drug-likeness (QED) is 0.782. The second-order valence-electron chi connectivity index (χ2n) is 5.37. The van der Waals surface area contributed by atoms with Crippen molar-refractivity contribution in [2.24, 2.45) is 0 Å². The summed E-state index contributed by atoms with van der Waals surface area (Å²) in [5.41, 5.74) is 0.587. The van der Waals surface area contributed by atoms with E-state index in [4.69, 9.17) is 4.74 Å². The summed E-state index contributed by atoms with van der Waals surface area (Å²) in [7, 11) is 1.20. The normalized spacial score (nSPS) is 20.3. The van der Waals surface area contributed by atoms with Gasteiger partial charge in [0.25, 0.3) is 0 Å². The molecule has 0 radical (unpaired) electrons. The molecule has 1 saturated heterocycles. The van der Waals surface area contributed by atoms with Crippen LogP contribution in [0.2, 0.25) is 0 Å². The number of cyclic esters (lactones) is 1. The molecular weight excluding hydrogens is 319 g/mol. The van der Waals surface area contributed by atoms with Crippen LogP contribution in [0.3, 0.4) is 0 Å². The molecule has 126 valence electrons. The van der Waals surface area contributed by atoms with Crippen LogP contribution in [0.4, 0.5) is 20.6 Å². The number of rotatable bonds is 3. The lowest BCUT2D eigenvalue weighted by Gasteiger charge is -2.24. The molecule has 0 aromatic heterocycles. The third-order valence-corrected chi connectivity index (χ3v) is 3.87. The minimum Gasteiger partial charge on any atom is -0.466 e. The number of hydrogen-bond acceptors (Lipinski definition) is 6. The van der Waals surface area contributed by atoms with Crippen LogP contribution in [-0.4, -0.2) is 44.1 Å². The first kappa shape index (κ1) is 16.0. The summed E-state index contributed by atoms with van der Waals surface area (Å²) < 4.78 is 23.9. The summed E-state index contributed by atoms with van der Waals surface area (Å²) in [4.78, 5) is 37.3. The lowest BCUT2D eigenvalue weighted by atomic mass is 10.1. The zero-order chi connectivity index (χ0) is 17.3. The molecule has 2 aliphatic heterocycles. The van der Waals surface area contributed by atoms with Gasteiger partial charge in [0, 0.05) is 19.2 Å². The lowest BCUT2D eigenvalue weighted by molar-refractivity contribution is -0.148. The highest BCUT2D eigenvalue weighted by Gasteiger charge is 2.38. The van der Waals surface area contributed by atoms with Gasteiger partial charge in [0.05, 0.1) is 25.0 Å². The Morgan fingerprint density at radius 2 is 2.17 bits per heavy atom. The number of ether oxygens (including phenoxy) is 2. The molecule has 3 rings (SSSR count). The molecule has 1 fully saturated rings. The maximum Gasteiger partial charge on any atom is 0.415 e. The van der Waals surface area contributed by atoms with E-state index in [2.05, 4.69) is 4.74 Å². The zero-order valence-corrected chi connectivity index (χ0v) is 12.9. The van der Waals surface area contributed by atoms with Gasteiger partial charge in [-0.25, -0.2) is 14.0 Å². The first-order chi connectivity index (χ1) is 11.5. The van der Waals surface area contributed by atoms with Gasteiger partial charge >= 0.3 is 12.1 Å². The van der Waals surface area contributed by atoms with Gasteiger partial charge in [0.2, 0.25) is 6.10 Å². The number of benzene rings is 1. The summed E-state index contributed by atoms with van der Waals surface area (Å²) >= 11 is 0. The fraction of sp³-hybridized carbons (Fsp3) is 0.312. The molecular formula is C16H15FN2O5. The molecule has 1 amide bonds. The topological polar surface area (TPSA) is 76.2 Å². The summed E-state index contributed by atoms with van der Waals surface area (Å²) in [6, 6.07) is 4.27. The number of carbonyl (C=O) groups excluding carboxylic acids is 3. The maximum atomic E-state index is 14.4. The minimum absolute atomic E-state index is 0.00283. The monoisotopic (exact) mass is 334 g/mol. The Morgan fingerprint density at radius 3 is 2.79 bits per heavy atom. The maximum absolute atomic E-state index is 14.4. The molecule has 0 spiro atoms. The first-order valence-corrected chi connectivity index (χ1v) is 7.33. The number of esters is 1. The number of hydrogen-bond donors (Lipinski definition) is 0. The Kier molecular flexibility index (Phi) is 4.20. The molecule has 1 atom stereocenters. The summed E-state index contributed by atoms with van der Waals surface area (Å²) in [5.74, 6) is -1.20. The van der Waals surface area contributed by atoms with Crippen molar-refractivity contribution in [2.75, 3.05) is 30.0 Å². The fourth-order valence-electron chi connectivity index (χ4n) is 2.59. The van der Waals surface area contributed by atoms with Crippen LogP contribution in [0.1, 0.15) is 6.42 Å². The first-order valence-electron chi connectivity index (χ1n) is 7.33. The van der Waals surface area contributed by atoms with Crippen molar-refractivity contribution in [3.63, 3.8) is 0 Å². The van der Waals surface area contributed by atoms with E-state index in [1.54, 1.807) is 11.0 Å². The Hall–Kier alpha value is -2.90. The van der Waals surface area contributed by atoms with Gasteiger partial charge in [-0.2, -0.15) is 0 Å². The number of anilines is 2. The Balaban J connectivity index is 1.80. The molecule has 0 bridgehead atoms. The van der Waals surface area contributed by atoms with Gasteiger partial charge in [-0.1, -0.05) is 0 Å². The van der Waals surface area contributed by atoms with Crippen molar-refractivity contribution in [3.8, 4) is 0 Å². The highest BCUT2D eigenvalue weighted by atomic mass is 19.1. The van der Waals surface area contributed by atoms with E-state index >= 15 is 0 Å². The smallest absolute Gasteiger partial charge is 0.415 e. The summed E-state index contributed by atoms with van der Waals surface area (Å²) in [6.07, 6.45) is 1.48. The molecule has 2 aliphatic rings. The third kappa shape index (κ3) is 2.94. The van der Waals surface area contributed by atoms with Crippen LogP contribution in [0.15, 0.2) is 30.5 Å². The molecule has 24 heavy (non-hydrogen) atoms. The van der Waals surface area contributed by atoms with Gasteiger partial charge in [-0.05, 0) is 24.3 Å². The highest BCUT2D eigenvalue weighted by molar-refractivity contribution is 5.94. The van der Waals surface area contributed by atoms with E-state index in [-0.39, 0.29) is 18.0 Å². The second kappa shape index (κ2) is 6.31. The number of amides is 1. The Bertz CT molecular complexity index is 733. The Morgan fingerprint density at radius 1 is 1.38 bits per heavy atom. The minimum atomic E-state index is -1.03. The van der Waals surface area contributed by atoms with Gasteiger partial charge in [0.15, 0.2) is 5.78 Å². The number of allylic oxidation sites excluding steroid dienone is 1. The molecule has 8 heteroatoms. The van der Waals surface area contributed by atoms with E-state index in [0.29, 0.717) is 18.7 Å². The van der Waals surface area contributed by atoms with Gasteiger partial charge in [-0.3, -0.25) is 9.69 Å². The van der Waals surface area contributed by atoms with E-state index in [1.165, 1.54) is 36.4 Å². The SMILES string of the molecule is COC(=O)C1CN(c2ccc(N3C=CC(=O)CC3)c(F)c2)C(=O)O1. The van der Waals surface area contributed by atoms with Crippen LogP contribution in [0.5, 0.6) is 0 Å². The van der Waals surface area contributed by atoms with Crippen LogP contribution >= 0.6 is 0 Å². The molecule has 7 nitrogen and oxygen atoms in total. The molecule has 2 heterocycles. The average molecular weight is 334 g/mol. The molecule has 1 aromatic rings. The number of halogens is 1. The van der Waals surface area contributed by atoms with Crippen molar-refractivity contribution >= 4 is 29.2 Å². The van der Waals surface area contributed by atoms with Gasteiger partial charge < -0.3 is 14.4 Å².